The molecule has 2 aromatic carbocycles. The van der Waals surface area contributed by atoms with E-state index in [1.807, 2.05) is 38.1 Å². The Kier molecular flexibility index (Phi) is 3.99. The van der Waals surface area contributed by atoms with Gasteiger partial charge in [0.2, 0.25) is 11.8 Å². The molecule has 2 amide bonds. The fourth-order valence-electron chi connectivity index (χ4n) is 3.73. The molecule has 1 fully saturated rings. The fraction of sp³-hybridized carbons (Fsp3) is 0.238. The van der Waals surface area contributed by atoms with Gasteiger partial charge in [-0.15, -0.1) is 0 Å². The Morgan fingerprint density at radius 1 is 1.12 bits per heavy atom. The minimum Gasteiger partial charge on any atom is -0.494 e. The molecule has 0 saturated carbocycles. The number of imide groups is 1. The number of anilines is 1. The van der Waals surface area contributed by atoms with Gasteiger partial charge in [-0.05, 0) is 49.7 Å². The summed E-state index contributed by atoms with van der Waals surface area (Å²) in [6.07, 6.45) is 0.189. The van der Waals surface area contributed by atoms with Crippen LogP contribution in [0.2, 0.25) is 0 Å². The predicted molar refractivity (Wildman–Crippen MR) is 100 cm³/mol. The predicted octanol–water partition coefficient (Wildman–Crippen LogP) is 3.92. The lowest BCUT2D eigenvalue weighted by Crippen LogP contribution is -2.30. The van der Waals surface area contributed by atoms with Crippen LogP contribution < -0.4 is 9.64 Å². The summed E-state index contributed by atoms with van der Waals surface area (Å²) in [7, 11) is 0. The van der Waals surface area contributed by atoms with E-state index in [-0.39, 0.29) is 18.2 Å². The number of fused-ring (bicyclic) bond motifs is 1. The first-order chi connectivity index (χ1) is 12.6. The number of carbonyl (C=O) groups is 2. The van der Waals surface area contributed by atoms with Gasteiger partial charge in [-0.25, -0.2) is 0 Å². The molecule has 3 aromatic rings. The number of benzene rings is 2. The van der Waals surface area contributed by atoms with Crippen LogP contribution in [0.1, 0.15) is 30.5 Å². The minimum atomic E-state index is -0.454. The summed E-state index contributed by atoms with van der Waals surface area (Å²) in [5.41, 5.74) is 3.43. The third-order valence-electron chi connectivity index (χ3n) is 4.84. The number of hydrogen-bond acceptors (Lipinski definition) is 3. The zero-order chi connectivity index (χ0) is 18.3. The molecule has 0 radical (unpaired) electrons. The molecular weight excluding hydrogens is 328 g/mol. The van der Waals surface area contributed by atoms with Crippen molar-refractivity contribution in [1.82, 2.24) is 4.98 Å². The molecule has 1 N–H and O–H groups in total. The third-order valence-corrected chi connectivity index (χ3v) is 4.84. The number of H-pyrrole nitrogens is 1. The van der Waals surface area contributed by atoms with E-state index < -0.39 is 5.92 Å². The maximum Gasteiger partial charge on any atom is 0.241 e. The molecule has 2 heterocycles. The van der Waals surface area contributed by atoms with Gasteiger partial charge < -0.3 is 9.72 Å². The molecule has 1 saturated heterocycles. The molecule has 1 unspecified atom stereocenters. The largest absolute Gasteiger partial charge is 0.494 e. The molecule has 1 aromatic heterocycles. The molecule has 132 valence electrons. The van der Waals surface area contributed by atoms with E-state index in [1.165, 1.54) is 4.90 Å². The summed E-state index contributed by atoms with van der Waals surface area (Å²) in [5, 5.41) is 1.00. The summed E-state index contributed by atoms with van der Waals surface area (Å²) in [6.45, 7) is 4.44. The van der Waals surface area contributed by atoms with Gasteiger partial charge in [0.05, 0.1) is 18.2 Å². The van der Waals surface area contributed by atoms with Crippen LogP contribution in [-0.4, -0.2) is 23.4 Å². The number of para-hydroxylation sites is 1. The maximum atomic E-state index is 13.1. The highest BCUT2D eigenvalue weighted by molar-refractivity contribution is 6.23. The standard InChI is InChI=1S/C21H20N2O3/c1-3-26-15-10-8-14(9-11-15)23-19(24)12-17(21(23)25)20-13(2)22-18-7-5-4-6-16(18)20/h4-11,17,22H,3,12H2,1-2H3. The number of nitrogens with one attached hydrogen (secondary N) is 1. The van der Waals surface area contributed by atoms with Crippen molar-refractivity contribution in [3.63, 3.8) is 0 Å². The monoisotopic (exact) mass is 348 g/mol. The Bertz CT molecular complexity index is 988. The highest BCUT2D eigenvalue weighted by atomic mass is 16.5. The summed E-state index contributed by atoms with van der Waals surface area (Å²) in [6, 6.07) is 15.0. The zero-order valence-corrected chi connectivity index (χ0v) is 14.8. The maximum absolute atomic E-state index is 13.1. The first kappa shape index (κ1) is 16.4. The molecule has 1 aliphatic heterocycles. The number of amides is 2. The lowest BCUT2D eigenvalue weighted by Gasteiger charge is -2.16. The van der Waals surface area contributed by atoms with E-state index in [0.717, 1.165) is 27.9 Å². The molecular formula is C21H20N2O3. The highest BCUT2D eigenvalue weighted by Crippen LogP contribution is 2.38. The zero-order valence-electron chi connectivity index (χ0n) is 14.8. The van der Waals surface area contributed by atoms with Crippen molar-refractivity contribution >= 4 is 28.4 Å². The van der Waals surface area contributed by atoms with E-state index in [2.05, 4.69) is 4.98 Å². The average molecular weight is 348 g/mol. The Hall–Kier alpha value is -3.08. The van der Waals surface area contributed by atoms with Crippen molar-refractivity contribution in [2.24, 2.45) is 0 Å². The first-order valence-electron chi connectivity index (χ1n) is 8.77. The SMILES string of the molecule is CCOc1ccc(N2C(=O)CC(c3c(C)[nH]c4ccccc34)C2=O)cc1. The van der Waals surface area contributed by atoms with Crippen LogP contribution in [0, 0.1) is 6.92 Å². The number of aromatic nitrogens is 1. The average Bonchev–Trinajstić information content (AvgIpc) is 3.11. The molecule has 1 aliphatic rings. The normalized spacial score (nSPS) is 17.3. The van der Waals surface area contributed by atoms with Gasteiger partial charge in [0.15, 0.2) is 0 Å². The summed E-state index contributed by atoms with van der Waals surface area (Å²) in [4.78, 5) is 30.3. The molecule has 0 bridgehead atoms. The van der Waals surface area contributed by atoms with Gasteiger partial charge in [0, 0.05) is 23.0 Å². The number of nitrogens with zero attached hydrogens (tertiary/aromatic N) is 1. The van der Waals surface area contributed by atoms with Crippen LogP contribution in [0.15, 0.2) is 48.5 Å². The van der Waals surface area contributed by atoms with E-state index in [4.69, 9.17) is 4.74 Å². The molecule has 4 rings (SSSR count). The topological polar surface area (TPSA) is 62.4 Å². The van der Waals surface area contributed by atoms with Crippen LogP contribution in [0.3, 0.4) is 0 Å². The van der Waals surface area contributed by atoms with Crippen LogP contribution in [0.4, 0.5) is 5.69 Å². The van der Waals surface area contributed by atoms with Gasteiger partial charge in [-0.1, -0.05) is 18.2 Å². The van der Waals surface area contributed by atoms with Crippen LogP contribution in [-0.2, 0) is 9.59 Å². The number of aromatic amines is 1. The molecule has 5 heteroatoms. The molecule has 26 heavy (non-hydrogen) atoms. The van der Waals surface area contributed by atoms with Crippen molar-refractivity contribution < 1.29 is 14.3 Å². The Labute approximate surface area is 151 Å². The van der Waals surface area contributed by atoms with Crippen LogP contribution >= 0.6 is 0 Å². The number of rotatable bonds is 4. The Morgan fingerprint density at radius 3 is 2.58 bits per heavy atom. The van der Waals surface area contributed by atoms with E-state index in [0.29, 0.717) is 12.3 Å². The third kappa shape index (κ3) is 2.56. The van der Waals surface area contributed by atoms with E-state index in [1.54, 1.807) is 24.3 Å². The van der Waals surface area contributed by atoms with E-state index in [9.17, 15) is 9.59 Å². The van der Waals surface area contributed by atoms with Crippen molar-refractivity contribution in [1.29, 1.82) is 0 Å². The number of ether oxygens (including phenoxy) is 1. The number of carbonyl (C=O) groups excluding carboxylic acids is 2. The fourth-order valence-corrected chi connectivity index (χ4v) is 3.73. The summed E-state index contributed by atoms with van der Waals surface area (Å²) >= 11 is 0. The van der Waals surface area contributed by atoms with Gasteiger partial charge >= 0.3 is 0 Å². The van der Waals surface area contributed by atoms with Gasteiger partial charge in [-0.2, -0.15) is 0 Å². The number of aryl methyl sites for hydroxylation is 1. The van der Waals surface area contributed by atoms with Crippen molar-refractivity contribution in [2.45, 2.75) is 26.2 Å². The van der Waals surface area contributed by atoms with Crippen molar-refractivity contribution in [3.8, 4) is 5.75 Å². The first-order valence-corrected chi connectivity index (χ1v) is 8.77. The smallest absolute Gasteiger partial charge is 0.241 e. The second kappa shape index (κ2) is 6.33. The molecule has 1 atom stereocenters. The highest BCUT2D eigenvalue weighted by Gasteiger charge is 2.42. The van der Waals surface area contributed by atoms with Crippen molar-refractivity contribution in [2.75, 3.05) is 11.5 Å². The molecule has 0 spiro atoms. The van der Waals surface area contributed by atoms with Gasteiger partial charge in [0.25, 0.3) is 0 Å². The Balaban J connectivity index is 1.70. The number of hydrogen-bond donors (Lipinski definition) is 1. The molecule has 5 nitrogen and oxygen atoms in total. The van der Waals surface area contributed by atoms with Crippen LogP contribution in [0.25, 0.3) is 10.9 Å². The second-order valence-electron chi connectivity index (χ2n) is 6.46. The lowest BCUT2D eigenvalue weighted by atomic mass is 9.94. The van der Waals surface area contributed by atoms with Gasteiger partial charge in [0.1, 0.15) is 5.75 Å². The summed E-state index contributed by atoms with van der Waals surface area (Å²) in [5.74, 6) is -0.0783. The van der Waals surface area contributed by atoms with Crippen molar-refractivity contribution in [3.05, 3.63) is 59.8 Å². The van der Waals surface area contributed by atoms with Crippen LogP contribution in [0.5, 0.6) is 5.75 Å². The molecule has 0 aliphatic carbocycles. The lowest BCUT2D eigenvalue weighted by molar-refractivity contribution is -0.121. The Morgan fingerprint density at radius 2 is 1.85 bits per heavy atom. The quantitative estimate of drug-likeness (QED) is 0.727. The second-order valence-corrected chi connectivity index (χ2v) is 6.46. The minimum absolute atomic E-state index is 0.172. The van der Waals surface area contributed by atoms with E-state index >= 15 is 0 Å². The van der Waals surface area contributed by atoms with Gasteiger partial charge in [-0.3, -0.25) is 14.5 Å². The summed E-state index contributed by atoms with van der Waals surface area (Å²) < 4.78 is 5.43.